The lowest BCUT2D eigenvalue weighted by Crippen LogP contribution is -2.51. The quantitative estimate of drug-likeness (QED) is 0.684. The first-order valence-electron chi connectivity index (χ1n) is 7.82. The van der Waals surface area contributed by atoms with Crippen molar-refractivity contribution in [3.63, 3.8) is 0 Å². The predicted octanol–water partition coefficient (Wildman–Crippen LogP) is 2.85. The summed E-state index contributed by atoms with van der Waals surface area (Å²) in [6.07, 6.45) is 6.36. The fourth-order valence-electron chi connectivity index (χ4n) is 2.44. The maximum absolute atomic E-state index is 12.2. The summed E-state index contributed by atoms with van der Waals surface area (Å²) in [7, 11) is 0. The van der Waals surface area contributed by atoms with Crippen LogP contribution in [0.5, 0.6) is 0 Å². The SMILES string of the molecule is CCCCN(CCCC)C(=O)NCC1(C(=O)O)CCC1. The average molecular weight is 284 g/mol. The molecule has 0 aromatic heterocycles. The van der Waals surface area contributed by atoms with Crippen LogP contribution in [0, 0.1) is 5.41 Å². The molecule has 0 aromatic rings. The highest BCUT2D eigenvalue weighted by molar-refractivity contribution is 5.78. The maximum Gasteiger partial charge on any atom is 0.317 e. The van der Waals surface area contributed by atoms with Crippen molar-refractivity contribution in [2.45, 2.75) is 58.8 Å². The highest BCUT2D eigenvalue weighted by atomic mass is 16.4. The number of carbonyl (C=O) groups is 2. The Kier molecular flexibility index (Phi) is 6.82. The zero-order chi connectivity index (χ0) is 15.0. The van der Waals surface area contributed by atoms with Crippen LogP contribution in [0.1, 0.15) is 58.8 Å². The number of hydrogen-bond acceptors (Lipinski definition) is 2. The van der Waals surface area contributed by atoms with Gasteiger partial charge in [0.2, 0.25) is 0 Å². The smallest absolute Gasteiger partial charge is 0.317 e. The summed E-state index contributed by atoms with van der Waals surface area (Å²) >= 11 is 0. The molecule has 0 aliphatic heterocycles. The van der Waals surface area contributed by atoms with Gasteiger partial charge in [0.1, 0.15) is 0 Å². The topological polar surface area (TPSA) is 69.6 Å². The zero-order valence-electron chi connectivity index (χ0n) is 12.8. The molecule has 0 atom stereocenters. The largest absolute Gasteiger partial charge is 0.481 e. The molecule has 0 saturated heterocycles. The molecule has 1 rings (SSSR count). The zero-order valence-corrected chi connectivity index (χ0v) is 12.8. The first kappa shape index (κ1) is 16.8. The maximum atomic E-state index is 12.2. The Hall–Kier alpha value is -1.26. The second-order valence-electron chi connectivity index (χ2n) is 5.79. The number of amides is 2. The normalized spacial score (nSPS) is 16.3. The molecule has 1 saturated carbocycles. The molecule has 0 unspecified atom stereocenters. The number of nitrogens with one attached hydrogen (secondary N) is 1. The molecule has 1 fully saturated rings. The highest BCUT2D eigenvalue weighted by Gasteiger charge is 2.44. The van der Waals surface area contributed by atoms with Crippen LogP contribution < -0.4 is 5.32 Å². The summed E-state index contributed by atoms with van der Waals surface area (Å²) in [6.45, 7) is 5.97. The van der Waals surface area contributed by atoms with Crippen LogP contribution in [-0.4, -0.2) is 41.6 Å². The van der Waals surface area contributed by atoms with Gasteiger partial charge in [-0.15, -0.1) is 0 Å². The van der Waals surface area contributed by atoms with Gasteiger partial charge in [-0.1, -0.05) is 33.1 Å². The third kappa shape index (κ3) is 4.39. The third-order valence-corrected chi connectivity index (χ3v) is 4.19. The Morgan fingerprint density at radius 3 is 2.05 bits per heavy atom. The van der Waals surface area contributed by atoms with Gasteiger partial charge in [-0.2, -0.15) is 0 Å². The lowest BCUT2D eigenvalue weighted by atomic mass is 9.69. The number of carboxylic acids is 1. The molecule has 1 aliphatic rings. The standard InChI is InChI=1S/C15H28N2O3/c1-3-5-10-17(11-6-4-2)14(20)16-12-15(13(18)19)8-7-9-15/h3-12H2,1-2H3,(H,16,20)(H,18,19). The first-order valence-corrected chi connectivity index (χ1v) is 7.82. The van der Waals surface area contributed by atoms with Crippen molar-refractivity contribution in [1.82, 2.24) is 10.2 Å². The minimum Gasteiger partial charge on any atom is -0.481 e. The van der Waals surface area contributed by atoms with Crippen LogP contribution in [0.2, 0.25) is 0 Å². The van der Waals surface area contributed by atoms with E-state index < -0.39 is 11.4 Å². The van der Waals surface area contributed by atoms with Gasteiger partial charge in [0.25, 0.3) is 0 Å². The van der Waals surface area contributed by atoms with Gasteiger partial charge >= 0.3 is 12.0 Å². The molecule has 0 bridgehead atoms. The number of rotatable bonds is 9. The molecular formula is C15H28N2O3. The van der Waals surface area contributed by atoms with E-state index in [1.54, 1.807) is 0 Å². The molecular weight excluding hydrogens is 256 g/mol. The van der Waals surface area contributed by atoms with E-state index >= 15 is 0 Å². The van der Waals surface area contributed by atoms with Crippen molar-refractivity contribution < 1.29 is 14.7 Å². The fraction of sp³-hybridized carbons (Fsp3) is 0.867. The summed E-state index contributed by atoms with van der Waals surface area (Å²) < 4.78 is 0. The number of hydrogen-bond donors (Lipinski definition) is 2. The van der Waals surface area contributed by atoms with Crippen LogP contribution in [-0.2, 0) is 4.79 Å². The Bertz CT molecular complexity index is 319. The first-order chi connectivity index (χ1) is 9.55. The Morgan fingerprint density at radius 1 is 1.15 bits per heavy atom. The summed E-state index contributed by atoms with van der Waals surface area (Å²) in [4.78, 5) is 25.3. The van der Waals surface area contributed by atoms with E-state index in [1.807, 2.05) is 4.90 Å². The summed E-state index contributed by atoms with van der Waals surface area (Å²) in [5.41, 5.74) is -0.711. The average Bonchev–Trinajstić information content (AvgIpc) is 2.37. The Labute approximate surface area is 121 Å². The number of carboxylic acid groups (broad SMARTS) is 1. The van der Waals surface area contributed by atoms with E-state index in [0.717, 1.165) is 45.2 Å². The lowest BCUT2D eigenvalue weighted by Gasteiger charge is -2.38. The number of aliphatic carboxylic acids is 1. The number of unbranched alkanes of at least 4 members (excludes halogenated alkanes) is 2. The minimum atomic E-state index is -0.780. The molecule has 2 amide bonds. The second-order valence-corrected chi connectivity index (χ2v) is 5.79. The molecule has 0 aromatic carbocycles. The van der Waals surface area contributed by atoms with Crippen molar-refractivity contribution in [3.05, 3.63) is 0 Å². The van der Waals surface area contributed by atoms with Crippen LogP contribution in [0.15, 0.2) is 0 Å². The summed E-state index contributed by atoms with van der Waals surface area (Å²) in [5, 5.41) is 12.1. The van der Waals surface area contributed by atoms with Gasteiger partial charge in [0.15, 0.2) is 0 Å². The van der Waals surface area contributed by atoms with Gasteiger partial charge in [-0.3, -0.25) is 4.79 Å². The predicted molar refractivity (Wildman–Crippen MR) is 78.7 cm³/mol. The number of carbonyl (C=O) groups excluding carboxylic acids is 1. The molecule has 2 N–H and O–H groups in total. The van der Waals surface area contributed by atoms with Crippen molar-refractivity contribution in [2.24, 2.45) is 5.41 Å². The van der Waals surface area contributed by atoms with Gasteiger partial charge < -0.3 is 15.3 Å². The summed E-state index contributed by atoms with van der Waals surface area (Å²) in [6, 6.07) is -0.112. The van der Waals surface area contributed by atoms with E-state index in [0.29, 0.717) is 12.8 Å². The Balaban J connectivity index is 2.45. The Morgan fingerprint density at radius 2 is 1.70 bits per heavy atom. The molecule has 5 nitrogen and oxygen atoms in total. The molecule has 116 valence electrons. The molecule has 1 aliphatic carbocycles. The van der Waals surface area contributed by atoms with Gasteiger partial charge in [0.05, 0.1) is 5.41 Å². The van der Waals surface area contributed by atoms with Gasteiger partial charge in [-0.05, 0) is 25.7 Å². The lowest BCUT2D eigenvalue weighted by molar-refractivity contribution is -0.153. The molecule has 5 heteroatoms. The van der Waals surface area contributed by atoms with Crippen LogP contribution >= 0.6 is 0 Å². The van der Waals surface area contributed by atoms with Crippen molar-refractivity contribution in [3.8, 4) is 0 Å². The fourth-order valence-corrected chi connectivity index (χ4v) is 2.44. The van der Waals surface area contributed by atoms with E-state index in [1.165, 1.54) is 0 Å². The van der Waals surface area contributed by atoms with Gasteiger partial charge in [-0.25, -0.2) is 4.79 Å². The molecule has 0 heterocycles. The number of nitrogens with zero attached hydrogens (tertiary/aromatic N) is 1. The number of urea groups is 1. The monoisotopic (exact) mass is 284 g/mol. The van der Waals surface area contributed by atoms with E-state index in [2.05, 4.69) is 19.2 Å². The second kappa shape index (κ2) is 8.12. The molecule has 0 spiro atoms. The van der Waals surface area contributed by atoms with Crippen LogP contribution in [0.4, 0.5) is 4.79 Å². The molecule has 20 heavy (non-hydrogen) atoms. The van der Waals surface area contributed by atoms with Gasteiger partial charge in [0, 0.05) is 19.6 Å². The van der Waals surface area contributed by atoms with Crippen molar-refractivity contribution >= 4 is 12.0 Å². The highest BCUT2D eigenvalue weighted by Crippen LogP contribution is 2.40. The van der Waals surface area contributed by atoms with Crippen LogP contribution in [0.25, 0.3) is 0 Å². The van der Waals surface area contributed by atoms with Crippen molar-refractivity contribution in [1.29, 1.82) is 0 Å². The van der Waals surface area contributed by atoms with E-state index in [4.69, 9.17) is 0 Å². The minimum absolute atomic E-state index is 0.112. The van der Waals surface area contributed by atoms with Crippen molar-refractivity contribution in [2.75, 3.05) is 19.6 Å². The van der Waals surface area contributed by atoms with E-state index in [9.17, 15) is 14.7 Å². The third-order valence-electron chi connectivity index (χ3n) is 4.19. The molecule has 0 radical (unpaired) electrons. The van der Waals surface area contributed by atoms with E-state index in [-0.39, 0.29) is 12.6 Å². The van der Waals surface area contributed by atoms with Crippen LogP contribution in [0.3, 0.4) is 0 Å². The summed E-state index contributed by atoms with van der Waals surface area (Å²) in [5.74, 6) is -0.780.